The third-order valence-corrected chi connectivity index (χ3v) is 1.33. The number of nitrogens with zero attached hydrogens (tertiary/aromatic N) is 2. The van der Waals surface area contributed by atoms with Crippen LogP contribution in [0.2, 0.25) is 0 Å². The van der Waals surface area contributed by atoms with Gasteiger partial charge in [0.1, 0.15) is 13.2 Å². The molecule has 0 fully saturated rings. The predicted octanol–water partition coefficient (Wildman–Crippen LogP) is -1.25. The first-order valence-corrected chi connectivity index (χ1v) is 2.78. The molecule has 0 unspecified atom stereocenters. The van der Waals surface area contributed by atoms with Crippen LogP contribution in [0.5, 0.6) is 0 Å². The van der Waals surface area contributed by atoms with E-state index in [2.05, 4.69) is 5.18 Å². The minimum atomic E-state index is -2.01. The summed E-state index contributed by atoms with van der Waals surface area (Å²) in [6, 6.07) is 0. The Balaban J connectivity index is 4.45. The topological polar surface area (TPSA) is 113 Å². The fourth-order valence-corrected chi connectivity index (χ4v) is 0.443. The number of aliphatic hydroxyl groups excluding tert-OH is 2. The molecule has 0 aromatic carbocycles. The highest BCUT2D eigenvalue weighted by molar-refractivity contribution is 4.79. The van der Waals surface area contributed by atoms with Gasteiger partial charge in [-0.3, -0.25) is 10.1 Å². The molecule has 0 aromatic rings. The molecule has 0 aliphatic heterocycles. The van der Waals surface area contributed by atoms with Gasteiger partial charge in [-0.2, -0.15) is 4.91 Å². The minimum absolute atomic E-state index is 0.729. The van der Waals surface area contributed by atoms with Crippen LogP contribution in [-0.2, 0) is 0 Å². The normalized spacial score (nSPS) is 11.1. The Hall–Kier alpha value is -1.08. The van der Waals surface area contributed by atoms with Crippen molar-refractivity contribution in [3.63, 3.8) is 0 Å². The molecular weight excluding hydrogens is 156 g/mol. The molecule has 11 heavy (non-hydrogen) atoms. The lowest BCUT2D eigenvalue weighted by Crippen LogP contribution is -2.48. The van der Waals surface area contributed by atoms with Gasteiger partial charge in [-0.15, -0.1) is 0 Å². The van der Waals surface area contributed by atoms with E-state index in [9.17, 15) is 15.0 Å². The standard InChI is InChI=1S/C4H8N2O5/c7-2-4(3-8,1-5-9)6(10)11/h7-8H,1-3H2. The van der Waals surface area contributed by atoms with Crippen molar-refractivity contribution < 1.29 is 15.1 Å². The van der Waals surface area contributed by atoms with Gasteiger partial charge in [0.25, 0.3) is 5.54 Å². The predicted molar refractivity (Wildman–Crippen MR) is 34.6 cm³/mol. The van der Waals surface area contributed by atoms with Crippen LogP contribution in [0.15, 0.2) is 5.18 Å². The molecule has 2 N–H and O–H groups in total. The zero-order valence-corrected chi connectivity index (χ0v) is 5.63. The van der Waals surface area contributed by atoms with Crippen LogP contribution >= 0.6 is 0 Å². The van der Waals surface area contributed by atoms with Gasteiger partial charge in [0, 0.05) is 4.92 Å². The average molecular weight is 164 g/mol. The zero-order chi connectivity index (χ0) is 8.91. The SMILES string of the molecule is O=NCC(CO)(CO)[N+](=O)[O-]. The van der Waals surface area contributed by atoms with E-state index in [1.165, 1.54) is 0 Å². The molecule has 0 aliphatic rings. The molecule has 0 saturated heterocycles. The van der Waals surface area contributed by atoms with E-state index in [0.29, 0.717) is 0 Å². The van der Waals surface area contributed by atoms with Gasteiger partial charge >= 0.3 is 0 Å². The Morgan fingerprint density at radius 1 is 1.45 bits per heavy atom. The van der Waals surface area contributed by atoms with E-state index in [1.807, 2.05) is 0 Å². The highest BCUT2D eigenvalue weighted by Crippen LogP contribution is 2.08. The fourth-order valence-electron chi connectivity index (χ4n) is 0.443. The van der Waals surface area contributed by atoms with E-state index in [1.54, 1.807) is 0 Å². The van der Waals surface area contributed by atoms with Crippen LogP contribution in [0, 0.1) is 15.0 Å². The molecule has 0 aliphatic carbocycles. The molecule has 0 aromatic heterocycles. The van der Waals surface area contributed by atoms with Crippen LogP contribution in [-0.4, -0.2) is 40.4 Å². The van der Waals surface area contributed by atoms with Crippen molar-refractivity contribution in [2.24, 2.45) is 5.18 Å². The molecule has 7 nitrogen and oxygen atoms in total. The van der Waals surface area contributed by atoms with Crippen molar-refractivity contribution in [1.29, 1.82) is 0 Å². The number of hydrogen-bond donors (Lipinski definition) is 2. The molecule has 0 atom stereocenters. The Morgan fingerprint density at radius 2 is 1.91 bits per heavy atom. The Bertz CT molecular complexity index is 155. The first kappa shape index (κ1) is 9.92. The van der Waals surface area contributed by atoms with Crippen molar-refractivity contribution in [1.82, 2.24) is 0 Å². The highest BCUT2D eigenvalue weighted by atomic mass is 16.6. The van der Waals surface area contributed by atoms with Gasteiger partial charge in [0.2, 0.25) is 0 Å². The largest absolute Gasteiger partial charge is 0.389 e. The summed E-state index contributed by atoms with van der Waals surface area (Å²) in [5, 5.41) is 29.4. The van der Waals surface area contributed by atoms with Crippen molar-refractivity contribution in [2.45, 2.75) is 5.54 Å². The van der Waals surface area contributed by atoms with E-state index in [0.717, 1.165) is 0 Å². The van der Waals surface area contributed by atoms with Crippen molar-refractivity contribution in [3.05, 3.63) is 15.0 Å². The number of nitroso groups, excluding NO2 is 1. The van der Waals surface area contributed by atoms with E-state index < -0.39 is 30.2 Å². The van der Waals surface area contributed by atoms with E-state index in [4.69, 9.17) is 10.2 Å². The summed E-state index contributed by atoms with van der Waals surface area (Å²) in [5.74, 6) is 0. The maximum atomic E-state index is 10.2. The molecule has 0 saturated carbocycles. The monoisotopic (exact) mass is 164 g/mol. The van der Waals surface area contributed by atoms with Gasteiger partial charge in [0.15, 0.2) is 6.54 Å². The number of aliphatic hydroxyl groups is 2. The summed E-state index contributed by atoms with van der Waals surface area (Å²) in [5.41, 5.74) is -2.01. The minimum Gasteiger partial charge on any atom is -0.389 e. The van der Waals surface area contributed by atoms with Gasteiger partial charge in [0.05, 0.1) is 0 Å². The molecular formula is C4H8N2O5. The van der Waals surface area contributed by atoms with E-state index >= 15 is 0 Å². The molecule has 7 heteroatoms. The third kappa shape index (κ3) is 1.92. The van der Waals surface area contributed by atoms with Gasteiger partial charge in [-0.1, -0.05) is 5.18 Å². The molecule has 0 rings (SSSR count). The van der Waals surface area contributed by atoms with Crippen molar-refractivity contribution >= 4 is 0 Å². The maximum absolute atomic E-state index is 10.2. The lowest BCUT2D eigenvalue weighted by atomic mass is 10.0. The maximum Gasteiger partial charge on any atom is 0.289 e. The highest BCUT2D eigenvalue weighted by Gasteiger charge is 2.42. The second-order valence-corrected chi connectivity index (χ2v) is 2.08. The van der Waals surface area contributed by atoms with Gasteiger partial charge < -0.3 is 10.2 Å². The second-order valence-electron chi connectivity index (χ2n) is 2.08. The first-order valence-electron chi connectivity index (χ1n) is 2.78. The van der Waals surface area contributed by atoms with Crippen LogP contribution in [0.25, 0.3) is 0 Å². The molecule has 0 heterocycles. The number of nitro groups is 1. The van der Waals surface area contributed by atoms with Crippen LogP contribution < -0.4 is 0 Å². The lowest BCUT2D eigenvalue weighted by molar-refractivity contribution is -0.573. The quantitative estimate of drug-likeness (QED) is 0.299. The summed E-state index contributed by atoms with van der Waals surface area (Å²) in [6.45, 7) is -2.53. The molecule has 64 valence electrons. The summed E-state index contributed by atoms with van der Waals surface area (Å²) >= 11 is 0. The van der Waals surface area contributed by atoms with Gasteiger partial charge in [-0.05, 0) is 0 Å². The Morgan fingerprint density at radius 3 is 2.00 bits per heavy atom. The summed E-state index contributed by atoms with van der Waals surface area (Å²) in [6.07, 6.45) is 0. The summed E-state index contributed by atoms with van der Waals surface area (Å²) in [4.78, 5) is 18.9. The van der Waals surface area contributed by atoms with Crippen molar-refractivity contribution in [2.75, 3.05) is 19.8 Å². The summed E-state index contributed by atoms with van der Waals surface area (Å²) < 4.78 is 0. The third-order valence-electron chi connectivity index (χ3n) is 1.33. The Labute approximate surface area is 61.8 Å². The van der Waals surface area contributed by atoms with Gasteiger partial charge in [-0.25, -0.2) is 0 Å². The fraction of sp³-hybridized carbons (Fsp3) is 1.00. The lowest BCUT2D eigenvalue weighted by Gasteiger charge is -2.16. The van der Waals surface area contributed by atoms with Crippen LogP contribution in [0.4, 0.5) is 0 Å². The van der Waals surface area contributed by atoms with E-state index in [-0.39, 0.29) is 0 Å². The Kier molecular flexibility index (Phi) is 3.55. The van der Waals surface area contributed by atoms with Crippen LogP contribution in [0.3, 0.4) is 0 Å². The molecule has 0 bridgehead atoms. The number of hydrogen-bond acceptors (Lipinski definition) is 6. The molecule has 0 spiro atoms. The zero-order valence-electron chi connectivity index (χ0n) is 5.63. The average Bonchev–Trinajstić information content (AvgIpc) is 2.00. The smallest absolute Gasteiger partial charge is 0.289 e. The van der Waals surface area contributed by atoms with Crippen molar-refractivity contribution in [3.8, 4) is 0 Å². The summed E-state index contributed by atoms with van der Waals surface area (Å²) in [7, 11) is 0. The molecule has 0 amide bonds. The number of rotatable bonds is 5. The van der Waals surface area contributed by atoms with Crippen LogP contribution in [0.1, 0.15) is 0 Å². The molecule has 0 radical (unpaired) electrons. The first-order chi connectivity index (χ1) is 5.13. The second kappa shape index (κ2) is 3.94.